The summed E-state index contributed by atoms with van der Waals surface area (Å²) >= 11 is 3.33. The van der Waals surface area contributed by atoms with Crippen molar-refractivity contribution in [1.29, 1.82) is 0 Å². The van der Waals surface area contributed by atoms with E-state index in [0.717, 1.165) is 23.5 Å². The van der Waals surface area contributed by atoms with Gasteiger partial charge < -0.3 is 10.6 Å². The highest BCUT2D eigenvalue weighted by atomic mass is 79.9. The summed E-state index contributed by atoms with van der Waals surface area (Å²) in [6, 6.07) is 0. The fourth-order valence-electron chi connectivity index (χ4n) is 1.51. The third-order valence-corrected chi connectivity index (χ3v) is 2.43. The monoisotopic (exact) mass is 232 g/mol. The molecule has 1 atom stereocenters. The molecule has 3 heteroatoms. The van der Waals surface area contributed by atoms with Crippen LogP contribution in [0.2, 0.25) is 0 Å². The molecule has 70 valence electrons. The topological polar surface area (TPSA) is 24.1 Å². The minimum absolute atomic E-state index is 0.811. The van der Waals surface area contributed by atoms with Crippen molar-refractivity contribution in [2.75, 3.05) is 26.2 Å². The van der Waals surface area contributed by atoms with Crippen LogP contribution >= 0.6 is 15.9 Å². The Hall–Kier alpha value is 0.140. The number of hydrogen-bond acceptors (Lipinski definition) is 2. The molecule has 2 N–H and O–H groups in total. The van der Waals surface area contributed by atoms with Crippen LogP contribution in [0.4, 0.5) is 0 Å². The smallest absolute Gasteiger partial charge is 0.0265 e. The first-order valence-corrected chi connectivity index (χ1v) is 5.33. The average Bonchev–Trinajstić information content (AvgIpc) is 2.05. The molecule has 0 radical (unpaired) electrons. The van der Waals surface area contributed by atoms with Gasteiger partial charge in [-0.05, 0) is 38.4 Å². The maximum atomic E-state index is 3.78. The fourth-order valence-corrected chi connectivity index (χ4v) is 1.71. The van der Waals surface area contributed by atoms with Gasteiger partial charge in [0.15, 0.2) is 0 Å². The number of hydrogen-bond donors (Lipinski definition) is 2. The van der Waals surface area contributed by atoms with E-state index in [1.54, 1.807) is 0 Å². The van der Waals surface area contributed by atoms with Gasteiger partial charge in [-0.2, -0.15) is 0 Å². The summed E-state index contributed by atoms with van der Waals surface area (Å²) in [5.74, 6) is 0.811. The van der Waals surface area contributed by atoms with Crippen molar-refractivity contribution in [3.8, 4) is 0 Å². The molecule has 0 bridgehead atoms. The molecular weight excluding hydrogens is 216 g/mol. The summed E-state index contributed by atoms with van der Waals surface area (Å²) < 4.78 is 1.03. The first-order valence-electron chi connectivity index (χ1n) is 4.54. The third kappa shape index (κ3) is 4.24. The van der Waals surface area contributed by atoms with Gasteiger partial charge in [-0.15, -0.1) is 0 Å². The van der Waals surface area contributed by atoms with Gasteiger partial charge in [-0.3, -0.25) is 0 Å². The molecule has 1 aliphatic rings. The molecule has 12 heavy (non-hydrogen) atoms. The van der Waals surface area contributed by atoms with Gasteiger partial charge in [0.25, 0.3) is 0 Å². The largest absolute Gasteiger partial charge is 0.316 e. The van der Waals surface area contributed by atoms with Crippen LogP contribution in [0.1, 0.15) is 12.8 Å². The number of rotatable bonds is 4. The summed E-state index contributed by atoms with van der Waals surface area (Å²) in [5, 5.41) is 6.77. The van der Waals surface area contributed by atoms with E-state index in [9.17, 15) is 0 Å². The Morgan fingerprint density at radius 2 is 2.50 bits per heavy atom. The van der Waals surface area contributed by atoms with E-state index in [0.29, 0.717) is 0 Å². The Balaban J connectivity index is 2.01. The lowest BCUT2D eigenvalue weighted by molar-refractivity contribution is 0.365. The lowest BCUT2D eigenvalue weighted by atomic mass is 10.00. The maximum Gasteiger partial charge on any atom is 0.0265 e. The highest BCUT2D eigenvalue weighted by molar-refractivity contribution is 9.11. The van der Waals surface area contributed by atoms with Crippen molar-refractivity contribution in [1.82, 2.24) is 10.6 Å². The Kier molecular flexibility index (Phi) is 4.88. The molecule has 0 aliphatic carbocycles. The van der Waals surface area contributed by atoms with Gasteiger partial charge in [0, 0.05) is 11.0 Å². The molecule has 0 spiro atoms. The summed E-state index contributed by atoms with van der Waals surface area (Å²) in [7, 11) is 0. The molecule has 0 aromatic carbocycles. The zero-order valence-electron chi connectivity index (χ0n) is 7.41. The fraction of sp³-hybridized carbons (Fsp3) is 0.778. The Morgan fingerprint density at radius 1 is 1.67 bits per heavy atom. The van der Waals surface area contributed by atoms with Gasteiger partial charge in [-0.25, -0.2) is 0 Å². The van der Waals surface area contributed by atoms with Crippen molar-refractivity contribution in [2.45, 2.75) is 12.8 Å². The summed E-state index contributed by atoms with van der Waals surface area (Å²) in [4.78, 5) is 0. The summed E-state index contributed by atoms with van der Waals surface area (Å²) in [6.07, 6.45) is 2.68. The molecule has 0 amide bonds. The van der Waals surface area contributed by atoms with E-state index in [4.69, 9.17) is 0 Å². The maximum absolute atomic E-state index is 3.78. The Bertz CT molecular complexity index is 141. The molecular formula is C9H17BrN2. The first-order chi connectivity index (χ1) is 5.79. The van der Waals surface area contributed by atoms with Crippen molar-refractivity contribution in [3.63, 3.8) is 0 Å². The molecule has 2 nitrogen and oxygen atoms in total. The highest BCUT2D eigenvalue weighted by Crippen LogP contribution is 2.08. The van der Waals surface area contributed by atoms with E-state index < -0.39 is 0 Å². The van der Waals surface area contributed by atoms with Gasteiger partial charge >= 0.3 is 0 Å². The predicted octanol–water partition coefficient (Wildman–Crippen LogP) is 1.48. The van der Waals surface area contributed by atoms with Crippen molar-refractivity contribution >= 4 is 15.9 Å². The van der Waals surface area contributed by atoms with Crippen LogP contribution in [0.5, 0.6) is 0 Å². The van der Waals surface area contributed by atoms with Crippen molar-refractivity contribution in [2.24, 2.45) is 5.92 Å². The van der Waals surface area contributed by atoms with Crippen LogP contribution in [0.3, 0.4) is 0 Å². The van der Waals surface area contributed by atoms with E-state index in [1.165, 1.54) is 25.9 Å². The van der Waals surface area contributed by atoms with Crippen LogP contribution in [-0.4, -0.2) is 26.2 Å². The summed E-state index contributed by atoms with van der Waals surface area (Å²) in [6.45, 7) is 8.13. The van der Waals surface area contributed by atoms with E-state index in [1.807, 2.05) is 0 Å². The van der Waals surface area contributed by atoms with Crippen molar-refractivity contribution in [3.05, 3.63) is 11.1 Å². The van der Waals surface area contributed by atoms with Crippen LogP contribution < -0.4 is 10.6 Å². The Morgan fingerprint density at radius 3 is 3.08 bits per heavy atom. The van der Waals surface area contributed by atoms with Gasteiger partial charge in [0.2, 0.25) is 0 Å². The SMILES string of the molecule is C=C(Br)CNCC1CCCNC1. The van der Waals surface area contributed by atoms with Crippen molar-refractivity contribution < 1.29 is 0 Å². The number of nitrogens with one attached hydrogen (secondary N) is 2. The molecule has 1 saturated heterocycles. The standard InChI is InChI=1S/C9H17BrN2/c1-8(10)5-12-7-9-3-2-4-11-6-9/h9,11-12H,1-7H2. The molecule has 0 saturated carbocycles. The van der Waals surface area contributed by atoms with Crippen LogP contribution in [0, 0.1) is 5.92 Å². The molecule has 1 unspecified atom stereocenters. The van der Waals surface area contributed by atoms with Crippen LogP contribution in [0.15, 0.2) is 11.1 Å². The zero-order chi connectivity index (χ0) is 8.81. The number of halogens is 1. The molecule has 0 aromatic rings. The quantitative estimate of drug-likeness (QED) is 0.768. The minimum atomic E-state index is 0.811. The number of piperidine rings is 1. The van der Waals surface area contributed by atoms with E-state index in [2.05, 4.69) is 33.1 Å². The molecule has 1 heterocycles. The van der Waals surface area contributed by atoms with Gasteiger partial charge in [-0.1, -0.05) is 22.5 Å². The van der Waals surface area contributed by atoms with Crippen LogP contribution in [-0.2, 0) is 0 Å². The normalized spacial score (nSPS) is 23.9. The lowest BCUT2D eigenvalue weighted by Gasteiger charge is -2.22. The van der Waals surface area contributed by atoms with Crippen LogP contribution in [0.25, 0.3) is 0 Å². The second-order valence-corrected chi connectivity index (χ2v) is 4.48. The van der Waals surface area contributed by atoms with Gasteiger partial charge in [0.05, 0.1) is 0 Å². The summed E-state index contributed by atoms with van der Waals surface area (Å²) in [5.41, 5.74) is 0. The first kappa shape index (κ1) is 10.2. The van der Waals surface area contributed by atoms with E-state index in [-0.39, 0.29) is 0 Å². The minimum Gasteiger partial charge on any atom is -0.316 e. The average molecular weight is 233 g/mol. The lowest BCUT2D eigenvalue weighted by Crippen LogP contribution is -2.36. The molecule has 1 rings (SSSR count). The highest BCUT2D eigenvalue weighted by Gasteiger charge is 2.11. The second-order valence-electron chi connectivity index (χ2n) is 3.36. The van der Waals surface area contributed by atoms with E-state index >= 15 is 0 Å². The molecule has 1 aliphatic heterocycles. The zero-order valence-corrected chi connectivity index (χ0v) is 8.99. The second kappa shape index (κ2) is 5.73. The third-order valence-electron chi connectivity index (χ3n) is 2.15. The Labute approximate surface area is 82.9 Å². The molecule has 1 fully saturated rings. The predicted molar refractivity (Wildman–Crippen MR) is 56.5 cm³/mol. The molecule has 0 aromatic heterocycles. The van der Waals surface area contributed by atoms with Gasteiger partial charge in [0.1, 0.15) is 0 Å².